The van der Waals surface area contributed by atoms with Crippen molar-refractivity contribution in [1.29, 1.82) is 0 Å². The fraction of sp³-hybridized carbons (Fsp3) is 0.323. The number of allylic oxidation sites excluding steroid dienone is 3. The van der Waals surface area contributed by atoms with E-state index in [9.17, 15) is 49.5 Å². The minimum absolute atomic E-state index is 0.0548. The molecule has 9 N–H and O–H groups in total. The molecule has 2 aromatic carbocycles. The number of fused-ring (bicyclic) bond motifs is 3. The van der Waals surface area contributed by atoms with Crippen molar-refractivity contribution in [3.63, 3.8) is 0 Å². The van der Waals surface area contributed by atoms with Gasteiger partial charge < -0.3 is 41.9 Å². The summed E-state index contributed by atoms with van der Waals surface area (Å²) in [6, 6.07) is 7.33. The van der Waals surface area contributed by atoms with Crippen LogP contribution in [0, 0.1) is 17.8 Å². The zero-order valence-corrected chi connectivity index (χ0v) is 23.4. The topological polar surface area (TPSA) is 237 Å². The number of phenols is 3. The molecule has 44 heavy (non-hydrogen) atoms. The molecule has 0 spiro atoms. The third-order valence-electron chi connectivity index (χ3n) is 8.39. The van der Waals surface area contributed by atoms with E-state index in [1.807, 2.05) is 0 Å². The van der Waals surface area contributed by atoms with Gasteiger partial charge in [-0.2, -0.15) is 0 Å². The fourth-order valence-corrected chi connectivity index (χ4v) is 6.31. The van der Waals surface area contributed by atoms with Crippen LogP contribution >= 0.6 is 0 Å². The first kappa shape index (κ1) is 30.1. The van der Waals surface area contributed by atoms with E-state index < -0.39 is 69.9 Å². The van der Waals surface area contributed by atoms with E-state index in [4.69, 9.17) is 5.73 Å². The van der Waals surface area contributed by atoms with E-state index in [-0.39, 0.29) is 67.0 Å². The minimum Gasteiger partial charge on any atom is -0.511 e. The molecule has 0 saturated heterocycles. The summed E-state index contributed by atoms with van der Waals surface area (Å²) in [5.74, 6) is -7.96. The third kappa shape index (κ3) is 5.55. The molecular weight excluding hydrogens is 574 g/mol. The first-order valence-electron chi connectivity index (χ1n) is 14.0. The molecule has 3 atom stereocenters. The predicted octanol–water partition coefficient (Wildman–Crippen LogP) is 1.95. The largest absolute Gasteiger partial charge is 0.511 e. The molecule has 230 valence electrons. The maximum absolute atomic E-state index is 13.6. The highest BCUT2D eigenvalue weighted by molar-refractivity contribution is 6.22. The number of carbonyl (C=O) groups excluding carboxylic acids is 5. The second-order valence-electron chi connectivity index (χ2n) is 11.2. The maximum Gasteiger partial charge on any atom is 0.255 e. The number of hydrogen-bond acceptors (Lipinski definition) is 10. The number of Topliss-reactive ketones (excluding diaryl/α,β-unsaturated/α-hetero) is 2. The molecule has 2 aromatic rings. The summed E-state index contributed by atoms with van der Waals surface area (Å²) in [4.78, 5) is 63.1. The molecule has 0 saturated carbocycles. The van der Waals surface area contributed by atoms with Crippen molar-refractivity contribution in [2.75, 3.05) is 11.9 Å². The van der Waals surface area contributed by atoms with Gasteiger partial charge >= 0.3 is 0 Å². The molecular formula is C31H31N3O10. The van der Waals surface area contributed by atoms with Crippen molar-refractivity contribution >= 4 is 35.0 Å². The summed E-state index contributed by atoms with van der Waals surface area (Å²) in [5, 5.41) is 56.4. The first-order valence-corrected chi connectivity index (χ1v) is 14.0. The summed E-state index contributed by atoms with van der Waals surface area (Å²) >= 11 is 0. The normalized spacial score (nSPS) is 20.9. The molecule has 3 unspecified atom stereocenters. The van der Waals surface area contributed by atoms with Crippen molar-refractivity contribution in [3.8, 4) is 17.2 Å². The zero-order chi connectivity index (χ0) is 31.9. The van der Waals surface area contributed by atoms with Crippen LogP contribution in [0.3, 0.4) is 0 Å². The Morgan fingerprint density at radius 1 is 0.909 bits per heavy atom. The Morgan fingerprint density at radius 2 is 1.64 bits per heavy atom. The molecule has 5 rings (SSSR count). The summed E-state index contributed by atoms with van der Waals surface area (Å²) < 4.78 is 0. The Morgan fingerprint density at radius 3 is 2.34 bits per heavy atom. The third-order valence-corrected chi connectivity index (χ3v) is 8.39. The summed E-state index contributed by atoms with van der Waals surface area (Å²) in [6.45, 7) is 0.233. The van der Waals surface area contributed by atoms with Gasteiger partial charge in [0.1, 0.15) is 17.1 Å². The van der Waals surface area contributed by atoms with Crippen LogP contribution in [0.5, 0.6) is 17.2 Å². The van der Waals surface area contributed by atoms with Crippen LogP contribution in [0.1, 0.15) is 47.2 Å². The van der Waals surface area contributed by atoms with Gasteiger partial charge in [0.2, 0.25) is 11.8 Å². The van der Waals surface area contributed by atoms with Gasteiger partial charge in [-0.05, 0) is 60.4 Å². The Balaban J connectivity index is 1.24. The Kier molecular flexibility index (Phi) is 8.05. The highest BCUT2D eigenvalue weighted by atomic mass is 16.3. The lowest BCUT2D eigenvalue weighted by molar-refractivity contribution is -0.126. The van der Waals surface area contributed by atoms with Gasteiger partial charge in [-0.3, -0.25) is 24.0 Å². The Labute approximate surface area is 250 Å². The van der Waals surface area contributed by atoms with E-state index in [2.05, 4.69) is 10.6 Å². The van der Waals surface area contributed by atoms with Crippen molar-refractivity contribution in [2.45, 2.75) is 38.5 Å². The van der Waals surface area contributed by atoms with Gasteiger partial charge in [-0.25, -0.2) is 0 Å². The molecule has 0 radical (unpaired) electrons. The second kappa shape index (κ2) is 11.7. The number of benzene rings is 2. The SMILES string of the molecule is NC(=O)C1=C(O)CC2CC3Cc4ccc(NC(=O)CCC(=O)NCCc5ccc(O)c(O)c5)c(O)c4C(=O)C3=C(O)C2C1=O. The number of anilines is 1. The quantitative estimate of drug-likeness (QED) is 0.161. The van der Waals surface area contributed by atoms with Gasteiger partial charge in [0.05, 0.1) is 17.2 Å². The van der Waals surface area contributed by atoms with Gasteiger partial charge in [0.25, 0.3) is 5.91 Å². The monoisotopic (exact) mass is 605 g/mol. The number of aromatic hydroxyl groups is 3. The number of nitrogens with two attached hydrogens (primary N) is 1. The van der Waals surface area contributed by atoms with Gasteiger partial charge in [-0.1, -0.05) is 12.1 Å². The number of aliphatic hydroxyl groups is 2. The van der Waals surface area contributed by atoms with E-state index in [1.54, 1.807) is 12.1 Å². The molecule has 13 nitrogen and oxygen atoms in total. The fourth-order valence-electron chi connectivity index (χ4n) is 6.31. The Bertz CT molecular complexity index is 1670. The molecule has 0 aromatic heterocycles. The van der Waals surface area contributed by atoms with Crippen LogP contribution in [0.4, 0.5) is 5.69 Å². The molecule has 3 amide bonds. The average molecular weight is 606 g/mol. The van der Waals surface area contributed by atoms with Gasteiger partial charge in [0, 0.05) is 31.4 Å². The van der Waals surface area contributed by atoms with Crippen LogP contribution in [0.25, 0.3) is 0 Å². The van der Waals surface area contributed by atoms with Crippen molar-refractivity contribution in [1.82, 2.24) is 5.32 Å². The lowest BCUT2D eigenvalue weighted by atomic mass is 9.62. The van der Waals surface area contributed by atoms with E-state index in [1.165, 1.54) is 18.2 Å². The first-order chi connectivity index (χ1) is 20.9. The molecule has 0 heterocycles. The molecule has 0 aliphatic heterocycles. The lowest BCUT2D eigenvalue weighted by Gasteiger charge is -2.40. The zero-order valence-electron chi connectivity index (χ0n) is 23.4. The number of primary amides is 1. The lowest BCUT2D eigenvalue weighted by Crippen LogP contribution is -2.43. The number of rotatable bonds is 8. The van der Waals surface area contributed by atoms with Crippen LogP contribution < -0.4 is 16.4 Å². The molecule has 3 aliphatic rings. The summed E-state index contributed by atoms with van der Waals surface area (Å²) in [7, 11) is 0. The standard InChI is InChI=1S/C31H31N3O10/c32-31(44)26-20(37)12-16-11-15-10-14-2-3-17(27(40)23(14)28(41)24(15)29(42)25(16)30(26)43)34-22(39)6-5-21(38)33-8-7-13-1-4-18(35)19(36)9-13/h1-4,9,15-16,25,35-37,40,42H,5-8,10-12H2,(H2,32,44)(H,33,38)(H,34,39). The van der Waals surface area contributed by atoms with E-state index >= 15 is 0 Å². The summed E-state index contributed by atoms with van der Waals surface area (Å²) in [6.07, 6.45) is 0.468. The average Bonchev–Trinajstić information content (AvgIpc) is 2.94. The highest BCUT2D eigenvalue weighted by Crippen LogP contribution is 2.50. The van der Waals surface area contributed by atoms with Crippen LogP contribution in [0.15, 0.2) is 53.0 Å². The van der Waals surface area contributed by atoms with E-state index in [0.29, 0.717) is 17.5 Å². The van der Waals surface area contributed by atoms with Crippen molar-refractivity contribution in [2.24, 2.45) is 23.5 Å². The van der Waals surface area contributed by atoms with Gasteiger partial charge in [0.15, 0.2) is 28.8 Å². The number of ketones is 2. The second-order valence-corrected chi connectivity index (χ2v) is 11.2. The molecule has 3 aliphatic carbocycles. The smallest absolute Gasteiger partial charge is 0.255 e. The number of amides is 3. The van der Waals surface area contributed by atoms with Crippen molar-refractivity contribution in [3.05, 3.63) is 69.7 Å². The van der Waals surface area contributed by atoms with Crippen LogP contribution in [-0.4, -0.2) is 61.4 Å². The summed E-state index contributed by atoms with van der Waals surface area (Å²) in [5.41, 5.74) is 5.57. The number of nitrogens with one attached hydrogen (secondary N) is 2. The minimum atomic E-state index is -1.23. The maximum atomic E-state index is 13.6. The number of hydrogen-bond donors (Lipinski definition) is 8. The van der Waals surface area contributed by atoms with E-state index in [0.717, 1.165) is 0 Å². The number of aliphatic hydroxyl groups excluding tert-OH is 2. The van der Waals surface area contributed by atoms with Crippen molar-refractivity contribution < 1.29 is 49.5 Å². The number of phenolic OH excluding ortho intramolecular Hbond substituents is 3. The van der Waals surface area contributed by atoms with Crippen LogP contribution in [0.2, 0.25) is 0 Å². The number of carbonyl (C=O) groups is 5. The highest BCUT2D eigenvalue weighted by Gasteiger charge is 2.50. The predicted molar refractivity (Wildman–Crippen MR) is 154 cm³/mol. The molecule has 0 fully saturated rings. The molecule has 0 bridgehead atoms. The molecule has 13 heteroatoms. The van der Waals surface area contributed by atoms with Gasteiger partial charge in [-0.15, -0.1) is 0 Å². The van der Waals surface area contributed by atoms with Crippen LogP contribution in [-0.2, 0) is 32.0 Å². The Hall–Kier alpha value is -5.33.